The number of rotatable bonds is 5. The lowest BCUT2D eigenvalue weighted by atomic mass is 9.85. The first-order valence-corrected chi connectivity index (χ1v) is 9.38. The molecule has 1 unspecified atom stereocenters. The molecular formula is C22H24N4O2. The van der Waals surface area contributed by atoms with Crippen molar-refractivity contribution in [3.05, 3.63) is 59.5 Å². The predicted molar refractivity (Wildman–Crippen MR) is 109 cm³/mol. The van der Waals surface area contributed by atoms with Crippen molar-refractivity contribution in [3.8, 4) is 17.0 Å². The summed E-state index contributed by atoms with van der Waals surface area (Å²) in [6, 6.07) is 9.80. The van der Waals surface area contributed by atoms with Gasteiger partial charge in [-0.3, -0.25) is 4.98 Å². The summed E-state index contributed by atoms with van der Waals surface area (Å²) < 4.78 is 5.38. The first-order chi connectivity index (χ1) is 13.5. The summed E-state index contributed by atoms with van der Waals surface area (Å²) in [7, 11) is 1.66. The molecule has 1 atom stereocenters. The van der Waals surface area contributed by atoms with Gasteiger partial charge in [-0.2, -0.15) is 0 Å². The van der Waals surface area contributed by atoms with E-state index in [0.717, 1.165) is 52.4 Å². The first-order valence-electron chi connectivity index (χ1n) is 9.38. The second kappa shape index (κ2) is 7.20. The Bertz CT molecular complexity index is 1020. The fourth-order valence-corrected chi connectivity index (χ4v) is 3.72. The van der Waals surface area contributed by atoms with Crippen molar-refractivity contribution < 1.29 is 9.84 Å². The summed E-state index contributed by atoms with van der Waals surface area (Å²) in [6.07, 6.45) is 5.41. The van der Waals surface area contributed by atoms with Crippen molar-refractivity contribution in [2.24, 2.45) is 0 Å². The van der Waals surface area contributed by atoms with Crippen LogP contribution in [0.15, 0.2) is 42.7 Å². The van der Waals surface area contributed by atoms with E-state index in [1.165, 1.54) is 0 Å². The SMILES string of the molecule is COc1cccc(Nc2nccc(-c3cnc4c(c3)C(C)(CO)CC4)n2)c1C. The lowest BCUT2D eigenvalue weighted by Crippen LogP contribution is -2.23. The van der Waals surface area contributed by atoms with Gasteiger partial charge < -0.3 is 15.2 Å². The monoisotopic (exact) mass is 376 g/mol. The Hall–Kier alpha value is -2.99. The van der Waals surface area contributed by atoms with Crippen LogP contribution in [0.4, 0.5) is 11.6 Å². The van der Waals surface area contributed by atoms with Crippen LogP contribution < -0.4 is 10.1 Å². The molecule has 0 bridgehead atoms. The van der Waals surface area contributed by atoms with Crippen molar-refractivity contribution in [1.29, 1.82) is 0 Å². The second-order valence-corrected chi connectivity index (χ2v) is 7.46. The van der Waals surface area contributed by atoms with Crippen molar-refractivity contribution in [1.82, 2.24) is 15.0 Å². The highest BCUT2D eigenvalue weighted by molar-refractivity contribution is 5.65. The molecule has 0 saturated heterocycles. The molecule has 0 aliphatic heterocycles. The Balaban J connectivity index is 1.66. The molecule has 144 valence electrons. The molecule has 0 saturated carbocycles. The highest BCUT2D eigenvalue weighted by Gasteiger charge is 2.34. The number of hydrogen-bond donors (Lipinski definition) is 2. The van der Waals surface area contributed by atoms with E-state index in [-0.39, 0.29) is 12.0 Å². The van der Waals surface area contributed by atoms with Gasteiger partial charge in [-0.25, -0.2) is 9.97 Å². The number of hydrogen-bond acceptors (Lipinski definition) is 6. The van der Waals surface area contributed by atoms with Crippen LogP contribution in [0.5, 0.6) is 5.75 Å². The topological polar surface area (TPSA) is 80.2 Å². The predicted octanol–water partition coefficient (Wildman–Crippen LogP) is 3.80. The van der Waals surface area contributed by atoms with Gasteiger partial charge >= 0.3 is 0 Å². The molecule has 6 heteroatoms. The highest BCUT2D eigenvalue weighted by Crippen LogP contribution is 2.39. The molecule has 6 nitrogen and oxygen atoms in total. The van der Waals surface area contributed by atoms with Crippen LogP contribution >= 0.6 is 0 Å². The normalized spacial score (nSPS) is 18.0. The molecule has 2 heterocycles. The van der Waals surface area contributed by atoms with Crippen LogP contribution in [0.3, 0.4) is 0 Å². The van der Waals surface area contributed by atoms with Crippen molar-refractivity contribution in [3.63, 3.8) is 0 Å². The minimum atomic E-state index is -0.232. The second-order valence-electron chi connectivity index (χ2n) is 7.46. The number of aromatic nitrogens is 3. The molecule has 1 aliphatic rings. The third kappa shape index (κ3) is 3.20. The van der Waals surface area contributed by atoms with Crippen LogP contribution in [-0.2, 0) is 11.8 Å². The average molecular weight is 376 g/mol. The number of aryl methyl sites for hydroxylation is 1. The zero-order valence-electron chi connectivity index (χ0n) is 16.4. The third-order valence-electron chi connectivity index (χ3n) is 5.58. The number of ether oxygens (including phenoxy) is 1. The molecule has 3 aromatic rings. The van der Waals surface area contributed by atoms with Gasteiger partial charge in [0.15, 0.2) is 0 Å². The molecule has 4 rings (SSSR count). The van der Waals surface area contributed by atoms with Crippen LogP contribution in [0.25, 0.3) is 11.3 Å². The van der Waals surface area contributed by atoms with Gasteiger partial charge in [0.25, 0.3) is 0 Å². The highest BCUT2D eigenvalue weighted by atomic mass is 16.5. The summed E-state index contributed by atoms with van der Waals surface area (Å²) in [4.78, 5) is 13.6. The molecule has 1 aromatic carbocycles. The molecule has 0 spiro atoms. The van der Waals surface area contributed by atoms with E-state index in [2.05, 4.69) is 33.3 Å². The van der Waals surface area contributed by atoms with E-state index in [1.54, 1.807) is 13.3 Å². The van der Waals surface area contributed by atoms with E-state index < -0.39 is 0 Å². The Morgan fingerprint density at radius 3 is 2.89 bits per heavy atom. The summed E-state index contributed by atoms with van der Waals surface area (Å²) in [5, 5.41) is 13.1. The maximum atomic E-state index is 9.84. The van der Waals surface area contributed by atoms with Gasteiger partial charge in [0, 0.05) is 40.3 Å². The summed E-state index contributed by atoms with van der Waals surface area (Å²) in [6.45, 7) is 4.20. The molecule has 1 aliphatic carbocycles. The molecule has 2 N–H and O–H groups in total. The van der Waals surface area contributed by atoms with E-state index in [9.17, 15) is 5.11 Å². The van der Waals surface area contributed by atoms with Crippen molar-refractivity contribution >= 4 is 11.6 Å². The number of aliphatic hydroxyl groups excluding tert-OH is 1. The fourth-order valence-electron chi connectivity index (χ4n) is 3.72. The number of fused-ring (bicyclic) bond motifs is 1. The number of benzene rings is 1. The number of aliphatic hydroxyl groups is 1. The Morgan fingerprint density at radius 1 is 1.25 bits per heavy atom. The molecule has 0 amide bonds. The lowest BCUT2D eigenvalue weighted by molar-refractivity contribution is 0.206. The quantitative estimate of drug-likeness (QED) is 0.705. The molecule has 28 heavy (non-hydrogen) atoms. The maximum absolute atomic E-state index is 9.84. The molecule has 0 fully saturated rings. The molecule has 2 aromatic heterocycles. The van der Waals surface area contributed by atoms with Gasteiger partial charge in [-0.15, -0.1) is 0 Å². The zero-order valence-corrected chi connectivity index (χ0v) is 16.4. The first kappa shape index (κ1) is 18.4. The zero-order chi connectivity index (χ0) is 19.7. The largest absolute Gasteiger partial charge is 0.496 e. The number of methoxy groups -OCH3 is 1. The smallest absolute Gasteiger partial charge is 0.227 e. The Morgan fingerprint density at radius 2 is 2.11 bits per heavy atom. The van der Waals surface area contributed by atoms with Crippen molar-refractivity contribution in [2.75, 3.05) is 19.0 Å². The van der Waals surface area contributed by atoms with E-state index in [0.29, 0.717) is 5.95 Å². The van der Waals surface area contributed by atoms with Gasteiger partial charge in [-0.05, 0) is 49.6 Å². The Kier molecular flexibility index (Phi) is 4.73. The van der Waals surface area contributed by atoms with E-state index >= 15 is 0 Å². The minimum absolute atomic E-state index is 0.122. The van der Waals surface area contributed by atoms with Crippen LogP contribution in [-0.4, -0.2) is 33.8 Å². The fraction of sp³-hybridized carbons (Fsp3) is 0.318. The summed E-state index contributed by atoms with van der Waals surface area (Å²) >= 11 is 0. The molecular weight excluding hydrogens is 352 g/mol. The number of nitrogens with zero attached hydrogens (tertiary/aromatic N) is 3. The number of anilines is 2. The van der Waals surface area contributed by atoms with E-state index in [1.807, 2.05) is 37.4 Å². The van der Waals surface area contributed by atoms with E-state index in [4.69, 9.17) is 4.74 Å². The average Bonchev–Trinajstić information content (AvgIpc) is 3.07. The third-order valence-corrected chi connectivity index (χ3v) is 5.58. The number of nitrogens with one attached hydrogen (secondary N) is 1. The van der Waals surface area contributed by atoms with Crippen molar-refractivity contribution in [2.45, 2.75) is 32.1 Å². The minimum Gasteiger partial charge on any atom is -0.496 e. The van der Waals surface area contributed by atoms with Gasteiger partial charge in [0.1, 0.15) is 5.75 Å². The van der Waals surface area contributed by atoms with Crippen LogP contribution in [0.1, 0.15) is 30.2 Å². The van der Waals surface area contributed by atoms with Crippen LogP contribution in [0.2, 0.25) is 0 Å². The standard InChI is InChI=1S/C22H24N4O2/c1-14-17(5-4-6-20(14)28-3)25-21-23-10-8-18(26-21)15-11-16-19(24-12-15)7-9-22(16,2)13-27/h4-6,8,10-12,27H,7,9,13H2,1-3H3,(H,23,25,26). The lowest BCUT2D eigenvalue weighted by Gasteiger charge is -2.22. The maximum Gasteiger partial charge on any atom is 0.227 e. The van der Waals surface area contributed by atoms with Gasteiger partial charge in [0.2, 0.25) is 5.95 Å². The number of pyridine rings is 1. The van der Waals surface area contributed by atoms with Crippen LogP contribution in [0, 0.1) is 6.92 Å². The Labute approximate surface area is 164 Å². The van der Waals surface area contributed by atoms with Gasteiger partial charge in [-0.1, -0.05) is 13.0 Å². The molecule has 0 radical (unpaired) electrons. The summed E-state index contributed by atoms with van der Waals surface area (Å²) in [5.74, 6) is 1.33. The summed E-state index contributed by atoms with van der Waals surface area (Å²) in [5.41, 5.74) is 5.57. The van der Waals surface area contributed by atoms with Gasteiger partial charge in [0.05, 0.1) is 19.4 Å².